The SMILES string of the molecule is CCCn1cncc1C=C(C)CCC=C(C)C. The Morgan fingerprint density at radius 1 is 1.35 bits per heavy atom. The quantitative estimate of drug-likeness (QED) is 0.663. The van der Waals surface area contributed by atoms with E-state index in [-0.39, 0.29) is 0 Å². The standard InChI is InChI=1S/C15H24N2/c1-5-9-17-12-16-11-15(17)10-14(4)8-6-7-13(2)3/h7,10-12H,5-6,8-9H2,1-4H3. The first-order valence-corrected chi connectivity index (χ1v) is 6.44. The van der Waals surface area contributed by atoms with E-state index in [0.717, 1.165) is 25.8 Å². The second-order valence-electron chi connectivity index (χ2n) is 4.82. The highest BCUT2D eigenvalue weighted by Gasteiger charge is 1.98. The highest BCUT2D eigenvalue weighted by atomic mass is 15.0. The molecule has 2 heteroatoms. The fraction of sp³-hybridized carbons (Fsp3) is 0.533. The van der Waals surface area contributed by atoms with Gasteiger partial charge in [-0.1, -0.05) is 24.1 Å². The summed E-state index contributed by atoms with van der Waals surface area (Å²) in [4.78, 5) is 4.21. The van der Waals surface area contributed by atoms with Gasteiger partial charge < -0.3 is 4.57 Å². The summed E-state index contributed by atoms with van der Waals surface area (Å²) in [6, 6.07) is 0. The molecule has 0 saturated heterocycles. The van der Waals surface area contributed by atoms with Crippen molar-refractivity contribution in [2.24, 2.45) is 0 Å². The first-order chi connectivity index (χ1) is 8.13. The molecule has 0 spiro atoms. The van der Waals surface area contributed by atoms with E-state index in [0.29, 0.717) is 0 Å². The molecule has 17 heavy (non-hydrogen) atoms. The zero-order chi connectivity index (χ0) is 12.7. The van der Waals surface area contributed by atoms with Gasteiger partial charge in [0.25, 0.3) is 0 Å². The van der Waals surface area contributed by atoms with E-state index in [1.165, 1.54) is 16.8 Å². The number of rotatable bonds is 6. The average molecular weight is 232 g/mol. The molecule has 0 amide bonds. The van der Waals surface area contributed by atoms with Crippen LogP contribution in [-0.4, -0.2) is 9.55 Å². The second-order valence-corrected chi connectivity index (χ2v) is 4.82. The maximum absolute atomic E-state index is 4.21. The van der Waals surface area contributed by atoms with Gasteiger partial charge in [-0.25, -0.2) is 4.98 Å². The van der Waals surface area contributed by atoms with Crippen LogP contribution in [0.15, 0.2) is 29.7 Å². The molecular formula is C15H24N2. The number of aromatic nitrogens is 2. The third-order valence-corrected chi connectivity index (χ3v) is 2.69. The van der Waals surface area contributed by atoms with Gasteiger partial charge in [-0.3, -0.25) is 0 Å². The lowest BCUT2D eigenvalue weighted by Gasteiger charge is -2.04. The summed E-state index contributed by atoms with van der Waals surface area (Å²) < 4.78 is 2.21. The molecule has 1 rings (SSSR count). The Hall–Kier alpha value is -1.31. The Morgan fingerprint density at radius 2 is 2.12 bits per heavy atom. The van der Waals surface area contributed by atoms with Crippen LogP contribution < -0.4 is 0 Å². The maximum Gasteiger partial charge on any atom is 0.0950 e. The fourth-order valence-electron chi connectivity index (χ4n) is 1.79. The smallest absolute Gasteiger partial charge is 0.0950 e. The van der Waals surface area contributed by atoms with Gasteiger partial charge in [-0.2, -0.15) is 0 Å². The Morgan fingerprint density at radius 3 is 2.76 bits per heavy atom. The van der Waals surface area contributed by atoms with Crippen molar-refractivity contribution in [3.8, 4) is 0 Å². The molecule has 1 aromatic heterocycles. The molecule has 0 aliphatic heterocycles. The topological polar surface area (TPSA) is 17.8 Å². The molecule has 1 heterocycles. The van der Waals surface area contributed by atoms with Gasteiger partial charge in [0, 0.05) is 6.54 Å². The molecule has 0 aromatic carbocycles. The van der Waals surface area contributed by atoms with Gasteiger partial charge in [0.15, 0.2) is 0 Å². The monoisotopic (exact) mass is 232 g/mol. The first kappa shape index (κ1) is 13.8. The van der Waals surface area contributed by atoms with Crippen molar-refractivity contribution < 1.29 is 0 Å². The minimum atomic E-state index is 1.05. The molecule has 0 aliphatic rings. The van der Waals surface area contributed by atoms with E-state index in [1.807, 2.05) is 12.5 Å². The third-order valence-electron chi connectivity index (χ3n) is 2.69. The van der Waals surface area contributed by atoms with E-state index >= 15 is 0 Å². The van der Waals surface area contributed by atoms with Gasteiger partial charge >= 0.3 is 0 Å². The van der Waals surface area contributed by atoms with Crippen molar-refractivity contribution in [3.63, 3.8) is 0 Å². The van der Waals surface area contributed by atoms with Crippen molar-refractivity contribution in [2.75, 3.05) is 0 Å². The molecule has 0 saturated carbocycles. The number of nitrogens with zero attached hydrogens (tertiary/aromatic N) is 2. The Balaban J connectivity index is 2.60. The van der Waals surface area contributed by atoms with E-state index in [2.05, 4.69) is 49.4 Å². The van der Waals surface area contributed by atoms with Gasteiger partial charge in [-0.05, 0) is 46.1 Å². The molecule has 1 aromatic rings. The lowest BCUT2D eigenvalue weighted by Crippen LogP contribution is -1.97. The van der Waals surface area contributed by atoms with Crippen LogP contribution >= 0.6 is 0 Å². The van der Waals surface area contributed by atoms with Crippen molar-refractivity contribution in [3.05, 3.63) is 35.4 Å². The van der Waals surface area contributed by atoms with E-state index in [1.54, 1.807) is 0 Å². The number of allylic oxidation sites excluding steroid dienone is 3. The summed E-state index contributed by atoms with van der Waals surface area (Å²) in [6.45, 7) is 9.73. The Bertz CT molecular complexity index is 393. The summed E-state index contributed by atoms with van der Waals surface area (Å²) in [7, 11) is 0. The summed E-state index contributed by atoms with van der Waals surface area (Å²) in [6.07, 6.45) is 11.8. The zero-order valence-corrected chi connectivity index (χ0v) is 11.5. The van der Waals surface area contributed by atoms with Crippen LogP contribution in [-0.2, 0) is 6.54 Å². The molecule has 0 radical (unpaired) electrons. The molecule has 2 nitrogen and oxygen atoms in total. The largest absolute Gasteiger partial charge is 0.331 e. The van der Waals surface area contributed by atoms with Crippen LogP contribution in [0.1, 0.15) is 52.7 Å². The van der Waals surface area contributed by atoms with Crippen LogP contribution in [0.2, 0.25) is 0 Å². The normalized spacial score (nSPS) is 11.6. The number of imidazole rings is 1. The maximum atomic E-state index is 4.21. The lowest BCUT2D eigenvalue weighted by molar-refractivity contribution is 0.673. The average Bonchev–Trinajstić information content (AvgIpc) is 2.66. The highest BCUT2D eigenvalue weighted by Crippen LogP contribution is 2.12. The molecule has 0 bridgehead atoms. The molecule has 0 atom stereocenters. The summed E-state index contributed by atoms with van der Waals surface area (Å²) in [5, 5.41) is 0. The van der Waals surface area contributed by atoms with Crippen LogP contribution in [0.25, 0.3) is 6.08 Å². The van der Waals surface area contributed by atoms with Crippen molar-refractivity contribution in [1.29, 1.82) is 0 Å². The van der Waals surface area contributed by atoms with Crippen molar-refractivity contribution >= 4 is 6.08 Å². The summed E-state index contributed by atoms with van der Waals surface area (Å²) in [5.41, 5.74) is 4.04. The van der Waals surface area contributed by atoms with Gasteiger partial charge in [0.2, 0.25) is 0 Å². The van der Waals surface area contributed by atoms with E-state index < -0.39 is 0 Å². The van der Waals surface area contributed by atoms with Crippen LogP contribution in [0.4, 0.5) is 0 Å². The lowest BCUT2D eigenvalue weighted by atomic mass is 10.1. The Kier molecular flexibility index (Phi) is 5.75. The summed E-state index contributed by atoms with van der Waals surface area (Å²) in [5.74, 6) is 0. The van der Waals surface area contributed by atoms with Gasteiger partial charge in [0.1, 0.15) is 0 Å². The van der Waals surface area contributed by atoms with Crippen LogP contribution in [0.3, 0.4) is 0 Å². The van der Waals surface area contributed by atoms with E-state index in [9.17, 15) is 0 Å². The zero-order valence-electron chi connectivity index (χ0n) is 11.5. The fourth-order valence-corrected chi connectivity index (χ4v) is 1.79. The minimum Gasteiger partial charge on any atom is -0.331 e. The predicted octanol–water partition coefficient (Wildman–Crippen LogP) is 4.44. The molecule has 94 valence electrons. The number of hydrogen-bond acceptors (Lipinski definition) is 1. The van der Waals surface area contributed by atoms with E-state index in [4.69, 9.17) is 0 Å². The second kappa shape index (κ2) is 7.10. The molecule has 0 fully saturated rings. The minimum absolute atomic E-state index is 1.05. The highest BCUT2D eigenvalue weighted by molar-refractivity contribution is 5.47. The van der Waals surface area contributed by atoms with Gasteiger partial charge in [0.05, 0.1) is 18.2 Å². The van der Waals surface area contributed by atoms with Crippen molar-refractivity contribution in [2.45, 2.75) is 53.5 Å². The molecule has 0 N–H and O–H groups in total. The first-order valence-electron chi connectivity index (χ1n) is 6.44. The predicted molar refractivity (Wildman–Crippen MR) is 74.8 cm³/mol. The summed E-state index contributed by atoms with van der Waals surface area (Å²) >= 11 is 0. The molecular weight excluding hydrogens is 208 g/mol. The molecule has 0 aliphatic carbocycles. The Labute approximate surface area is 105 Å². The third kappa shape index (κ3) is 5.03. The molecule has 0 unspecified atom stereocenters. The van der Waals surface area contributed by atoms with Crippen LogP contribution in [0.5, 0.6) is 0 Å². The number of hydrogen-bond donors (Lipinski definition) is 0. The van der Waals surface area contributed by atoms with Crippen LogP contribution in [0, 0.1) is 0 Å². The van der Waals surface area contributed by atoms with Gasteiger partial charge in [-0.15, -0.1) is 0 Å². The number of aryl methyl sites for hydroxylation is 1. The van der Waals surface area contributed by atoms with Crippen molar-refractivity contribution in [1.82, 2.24) is 9.55 Å².